The fraction of sp³-hybridized carbons (Fsp3) is 0.610. The summed E-state index contributed by atoms with van der Waals surface area (Å²) in [5, 5.41) is 8.52. The van der Waals surface area contributed by atoms with Gasteiger partial charge >= 0.3 is 5.97 Å². The normalized spacial score (nSPS) is 21.3. The molecule has 0 radical (unpaired) electrons. The number of ether oxygens (including phenoxy) is 5. The molecule has 4 aliphatic rings. The van der Waals surface area contributed by atoms with Crippen LogP contribution < -0.4 is 23.7 Å². The van der Waals surface area contributed by atoms with Gasteiger partial charge in [0, 0.05) is 30.0 Å². The molecule has 0 aromatic heterocycles. The molecule has 3 heterocycles. The summed E-state index contributed by atoms with van der Waals surface area (Å²) in [5.74, 6) is 3.47. The summed E-state index contributed by atoms with van der Waals surface area (Å²) in [6, 6.07) is 7.32. The molecule has 8 nitrogen and oxygen atoms in total. The first kappa shape index (κ1) is 36.6. The Morgan fingerprint density at radius 3 is 2.20 bits per heavy atom. The number of hydrogen-bond acceptors (Lipinski definition) is 7. The second-order valence-electron chi connectivity index (χ2n) is 14.3. The van der Waals surface area contributed by atoms with E-state index in [4.69, 9.17) is 28.8 Å². The number of carbonyl (C=O) groups excluding carboxylic acids is 1. The van der Waals surface area contributed by atoms with Crippen LogP contribution >= 0.6 is 0 Å². The number of unbranched alkanes of at least 4 members (excludes halogenated alkanes) is 9. The van der Waals surface area contributed by atoms with E-state index < -0.39 is 11.9 Å². The number of fused-ring (bicyclic) bond motifs is 6. The van der Waals surface area contributed by atoms with Gasteiger partial charge in [0.15, 0.2) is 17.3 Å². The minimum Gasteiger partial charge on any atom is -0.493 e. The van der Waals surface area contributed by atoms with Gasteiger partial charge in [-0.1, -0.05) is 83.8 Å². The zero-order chi connectivity index (χ0) is 34.8. The first-order valence-corrected chi connectivity index (χ1v) is 18.6. The molecule has 268 valence electrons. The quantitative estimate of drug-likeness (QED) is 0.139. The number of carbonyl (C=O) groups is 2. The van der Waals surface area contributed by atoms with E-state index in [1.165, 1.54) is 70.6 Å². The van der Waals surface area contributed by atoms with Gasteiger partial charge in [-0.05, 0) is 55.7 Å². The summed E-state index contributed by atoms with van der Waals surface area (Å²) in [6.07, 6.45) is 22.4. The average Bonchev–Trinajstić information content (AvgIpc) is 3.79. The molecule has 0 fully saturated rings. The SMILES string of the molecule is COc1cc2c(cc1OC)C1C(=O)c3ccc4c(c3OC1CO2)CC(C(C)C)O4.O=C(O)CCCCCCCCCCCCC1C=CCC1. The van der Waals surface area contributed by atoms with E-state index in [2.05, 4.69) is 26.0 Å². The molecule has 0 saturated heterocycles. The molecule has 4 atom stereocenters. The number of methoxy groups -OCH3 is 2. The average molecular weight is 677 g/mol. The number of Topliss-reactive ketones (excluding diaryl/α,β-unsaturated/α-hetero) is 1. The summed E-state index contributed by atoms with van der Waals surface area (Å²) in [7, 11) is 3.16. The predicted octanol–water partition coefficient (Wildman–Crippen LogP) is 9.50. The van der Waals surface area contributed by atoms with Crippen molar-refractivity contribution < 1.29 is 38.4 Å². The van der Waals surface area contributed by atoms with Gasteiger partial charge < -0.3 is 28.8 Å². The molecule has 2 aromatic rings. The summed E-state index contributed by atoms with van der Waals surface area (Å²) in [4.78, 5) is 23.9. The number of aliphatic carboxylic acids is 1. The molecule has 3 aliphatic heterocycles. The maximum atomic E-state index is 13.5. The predicted molar refractivity (Wildman–Crippen MR) is 191 cm³/mol. The monoisotopic (exact) mass is 676 g/mol. The second kappa shape index (κ2) is 17.8. The van der Waals surface area contributed by atoms with Crippen LogP contribution in [-0.2, 0) is 11.2 Å². The third-order valence-electron chi connectivity index (χ3n) is 10.4. The molecular weight excluding hydrogens is 620 g/mol. The minimum atomic E-state index is -0.655. The molecule has 49 heavy (non-hydrogen) atoms. The summed E-state index contributed by atoms with van der Waals surface area (Å²) < 4.78 is 29.2. The molecule has 8 heteroatoms. The summed E-state index contributed by atoms with van der Waals surface area (Å²) >= 11 is 0. The smallest absolute Gasteiger partial charge is 0.303 e. The highest BCUT2D eigenvalue weighted by molar-refractivity contribution is 6.06. The van der Waals surface area contributed by atoms with Crippen LogP contribution in [0.25, 0.3) is 0 Å². The Hall–Kier alpha value is -3.68. The van der Waals surface area contributed by atoms with Crippen LogP contribution in [0.15, 0.2) is 36.4 Å². The van der Waals surface area contributed by atoms with Crippen molar-refractivity contribution in [1.29, 1.82) is 0 Å². The van der Waals surface area contributed by atoms with Crippen LogP contribution in [0.4, 0.5) is 0 Å². The largest absolute Gasteiger partial charge is 0.493 e. The first-order valence-electron chi connectivity index (χ1n) is 18.6. The molecule has 0 saturated carbocycles. The number of ketones is 1. The molecular formula is C41H56O8. The van der Waals surface area contributed by atoms with Crippen LogP contribution in [0.3, 0.4) is 0 Å². The van der Waals surface area contributed by atoms with E-state index in [1.807, 2.05) is 18.2 Å². The highest BCUT2D eigenvalue weighted by Gasteiger charge is 2.45. The highest BCUT2D eigenvalue weighted by Crippen LogP contribution is 2.50. The molecule has 2 aromatic carbocycles. The van der Waals surface area contributed by atoms with Gasteiger partial charge in [-0.3, -0.25) is 9.59 Å². The van der Waals surface area contributed by atoms with E-state index in [1.54, 1.807) is 20.3 Å². The topological polar surface area (TPSA) is 101 Å². The number of carboxylic acids is 1. The van der Waals surface area contributed by atoms with Crippen LogP contribution in [0.2, 0.25) is 0 Å². The van der Waals surface area contributed by atoms with Crippen molar-refractivity contribution in [3.63, 3.8) is 0 Å². The van der Waals surface area contributed by atoms with Crippen molar-refractivity contribution in [2.75, 3.05) is 20.8 Å². The Bertz CT molecular complexity index is 1450. The Balaban J connectivity index is 0.000000207. The molecule has 4 unspecified atom stereocenters. The molecule has 0 amide bonds. The first-order chi connectivity index (χ1) is 23.8. The van der Waals surface area contributed by atoms with Crippen LogP contribution in [0.1, 0.15) is 131 Å². The maximum Gasteiger partial charge on any atom is 0.303 e. The van der Waals surface area contributed by atoms with Gasteiger partial charge in [0.1, 0.15) is 36.1 Å². The van der Waals surface area contributed by atoms with Gasteiger partial charge in [-0.2, -0.15) is 0 Å². The number of rotatable bonds is 16. The lowest BCUT2D eigenvalue weighted by Gasteiger charge is -2.37. The van der Waals surface area contributed by atoms with Gasteiger partial charge in [0.2, 0.25) is 0 Å². The molecule has 1 N–H and O–H groups in total. The standard InChI is InChI=1S/C23H24O6.C18H32O2/c1-11(2)16-8-14-15(28-16)6-5-12-22(24)21-13-7-18(25-3)19(26-4)9-17(13)27-10-20(21)29-23(12)14;19-18(20)16-10-8-6-4-2-1-3-5-7-9-13-17-14-11-12-15-17/h5-7,9,11,16,20-21H,8,10H2,1-4H3;11,14,17H,1-10,12-13,15-16H2,(H,19,20). The zero-order valence-electron chi connectivity index (χ0n) is 30.0. The van der Waals surface area contributed by atoms with E-state index in [-0.39, 0.29) is 18.0 Å². The fourth-order valence-corrected chi connectivity index (χ4v) is 7.50. The van der Waals surface area contributed by atoms with Crippen molar-refractivity contribution in [2.45, 2.75) is 128 Å². The van der Waals surface area contributed by atoms with Crippen LogP contribution in [0, 0.1) is 11.8 Å². The number of hydrogen-bond donors (Lipinski definition) is 1. The summed E-state index contributed by atoms with van der Waals surface area (Å²) in [5.41, 5.74) is 2.37. The van der Waals surface area contributed by atoms with E-state index >= 15 is 0 Å². The molecule has 0 bridgehead atoms. The number of carboxylic acid groups (broad SMARTS) is 1. The lowest BCUT2D eigenvalue weighted by Crippen LogP contribution is -2.43. The van der Waals surface area contributed by atoms with E-state index in [0.29, 0.717) is 47.5 Å². The number of benzene rings is 2. The Morgan fingerprint density at radius 2 is 1.57 bits per heavy atom. The Labute approximate surface area is 292 Å². The van der Waals surface area contributed by atoms with Crippen molar-refractivity contribution in [2.24, 2.45) is 11.8 Å². The third-order valence-corrected chi connectivity index (χ3v) is 10.4. The van der Waals surface area contributed by atoms with Gasteiger partial charge in [-0.25, -0.2) is 0 Å². The fourth-order valence-electron chi connectivity index (χ4n) is 7.50. The van der Waals surface area contributed by atoms with Crippen LogP contribution in [0.5, 0.6) is 28.7 Å². The minimum absolute atomic E-state index is 0.0452. The Kier molecular flexibility index (Phi) is 13.3. The summed E-state index contributed by atoms with van der Waals surface area (Å²) in [6.45, 7) is 4.58. The van der Waals surface area contributed by atoms with Crippen molar-refractivity contribution >= 4 is 11.8 Å². The molecule has 0 spiro atoms. The lowest BCUT2D eigenvalue weighted by atomic mass is 9.81. The van der Waals surface area contributed by atoms with Crippen molar-refractivity contribution in [3.05, 3.63) is 53.1 Å². The zero-order valence-corrected chi connectivity index (χ0v) is 30.0. The molecule has 1 aliphatic carbocycles. The molecule has 6 rings (SSSR count). The van der Waals surface area contributed by atoms with Crippen molar-refractivity contribution in [1.82, 2.24) is 0 Å². The second-order valence-corrected chi connectivity index (χ2v) is 14.3. The Morgan fingerprint density at radius 1 is 0.898 bits per heavy atom. The third kappa shape index (κ3) is 9.31. The van der Waals surface area contributed by atoms with Crippen LogP contribution in [-0.4, -0.2) is 49.9 Å². The van der Waals surface area contributed by atoms with E-state index in [9.17, 15) is 9.59 Å². The van der Waals surface area contributed by atoms with Crippen molar-refractivity contribution in [3.8, 4) is 28.7 Å². The van der Waals surface area contributed by atoms with Gasteiger partial charge in [-0.15, -0.1) is 0 Å². The highest BCUT2D eigenvalue weighted by atomic mass is 16.5. The van der Waals surface area contributed by atoms with Gasteiger partial charge in [0.05, 0.1) is 25.7 Å². The maximum absolute atomic E-state index is 13.5. The number of allylic oxidation sites excluding steroid dienone is 2. The lowest BCUT2D eigenvalue weighted by molar-refractivity contribution is -0.137. The van der Waals surface area contributed by atoms with Gasteiger partial charge in [0.25, 0.3) is 0 Å². The van der Waals surface area contributed by atoms with E-state index in [0.717, 1.165) is 42.1 Å².